The Morgan fingerprint density at radius 1 is 1.00 bits per heavy atom. The van der Waals surface area contributed by atoms with Gasteiger partial charge in [-0.15, -0.1) is 0 Å². The summed E-state index contributed by atoms with van der Waals surface area (Å²) < 4.78 is 0. The Hall–Kier alpha value is -0.280. The van der Waals surface area contributed by atoms with Crippen LogP contribution in [0.2, 0.25) is 0 Å². The van der Waals surface area contributed by atoms with Crippen LogP contribution in [-0.4, -0.2) is 11.9 Å². The van der Waals surface area contributed by atoms with Crippen LogP contribution in [-0.2, 0) is 30.1 Å². The summed E-state index contributed by atoms with van der Waals surface area (Å²) in [6.45, 7) is 2.45. The van der Waals surface area contributed by atoms with Crippen molar-refractivity contribution in [3.05, 3.63) is 0 Å². The van der Waals surface area contributed by atoms with Crippen molar-refractivity contribution in [3.63, 3.8) is 0 Å². The van der Waals surface area contributed by atoms with Crippen LogP contribution in [0.25, 0.3) is 0 Å². The van der Waals surface area contributed by atoms with Crippen molar-refractivity contribution in [2.45, 2.75) is 26.2 Å². The summed E-state index contributed by atoms with van der Waals surface area (Å²) >= 11 is 0. The molecule has 0 aromatic heterocycles. The lowest BCUT2D eigenvalue weighted by atomic mass is 10.3. The summed E-state index contributed by atoms with van der Waals surface area (Å²) in [5, 5.41) is 25.1. The van der Waals surface area contributed by atoms with E-state index in [2.05, 4.69) is 37.0 Å². The first-order valence-electron chi connectivity index (χ1n) is 3.51. The highest BCUT2D eigenvalue weighted by molar-refractivity contribution is 4.32. The van der Waals surface area contributed by atoms with Crippen LogP contribution in [0.15, 0.2) is 0 Å². The molecule has 74 valence electrons. The topological polar surface area (TPSA) is 75.6 Å². The van der Waals surface area contributed by atoms with E-state index < -0.39 is 0 Å². The van der Waals surface area contributed by atoms with Crippen LogP contribution in [0.5, 0.6) is 0 Å². The molecular formula is C5H12O7. The third-order valence-electron chi connectivity index (χ3n) is 0.993. The summed E-state index contributed by atoms with van der Waals surface area (Å²) in [6, 6.07) is 0. The Balaban J connectivity index is 2.73. The maximum atomic E-state index is 7.52. The van der Waals surface area contributed by atoms with Gasteiger partial charge >= 0.3 is 0 Å². The maximum Gasteiger partial charge on any atom is 0.0855 e. The van der Waals surface area contributed by atoms with Gasteiger partial charge in [0.1, 0.15) is 0 Å². The van der Waals surface area contributed by atoms with Gasteiger partial charge in [-0.25, -0.2) is 10.1 Å². The minimum absolute atomic E-state index is 0.386. The Bertz CT molecular complexity index is 68.2. The SMILES string of the molecule is CCCCCOOOOOOO. The molecule has 0 aliphatic rings. The Morgan fingerprint density at radius 2 is 1.75 bits per heavy atom. The van der Waals surface area contributed by atoms with Gasteiger partial charge in [0.05, 0.1) is 6.61 Å². The van der Waals surface area contributed by atoms with Crippen LogP contribution in [0, 0.1) is 0 Å². The fourth-order valence-electron chi connectivity index (χ4n) is 0.500. The first kappa shape index (κ1) is 11.7. The van der Waals surface area contributed by atoms with E-state index in [1.807, 2.05) is 0 Å². The molecule has 0 unspecified atom stereocenters. The van der Waals surface area contributed by atoms with Gasteiger partial charge in [0.25, 0.3) is 0 Å². The normalized spacial score (nSPS) is 10.5. The molecule has 0 heterocycles. The monoisotopic (exact) mass is 184 g/mol. The molecule has 0 atom stereocenters. The lowest BCUT2D eigenvalue weighted by molar-refractivity contribution is -0.787. The summed E-state index contributed by atoms with van der Waals surface area (Å²) in [6.07, 6.45) is 2.99. The van der Waals surface area contributed by atoms with Gasteiger partial charge in [-0.1, -0.05) is 19.8 Å². The third-order valence-corrected chi connectivity index (χ3v) is 0.993. The molecular weight excluding hydrogens is 172 g/mol. The number of unbranched alkanes of at least 4 members (excludes halogenated alkanes) is 2. The highest BCUT2D eigenvalue weighted by Gasteiger charge is 1.92. The number of rotatable bonds is 9. The van der Waals surface area contributed by atoms with E-state index in [1.165, 1.54) is 0 Å². The van der Waals surface area contributed by atoms with E-state index >= 15 is 0 Å². The lowest BCUT2D eigenvalue weighted by Gasteiger charge is -1.98. The van der Waals surface area contributed by atoms with Gasteiger partial charge in [-0.3, -0.25) is 0 Å². The quantitative estimate of drug-likeness (QED) is 0.329. The summed E-state index contributed by atoms with van der Waals surface area (Å²) in [7, 11) is 0. The summed E-state index contributed by atoms with van der Waals surface area (Å²) in [5.41, 5.74) is 0. The molecule has 7 heteroatoms. The zero-order valence-electron chi connectivity index (χ0n) is 6.73. The number of hydrogen-bond donors (Lipinski definition) is 1. The molecule has 0 bridgehead atoms. The van der Waals surface area contributed by atoms with Crippen LogP contribution < -0.4 is 0 Å². The highest BCUT2D eigenvalue weighted by Crippen LogP contribution is 1.94. The first-order chi connectivity index (χ1) is 5.91. The molecule has 0 saturated carbocycles. The average Bonchev–Trinajstić information content (AvgIpc) is 2.10. The Labute approximate surface area is 69.3 Å². The predicted octanol–water partition coefficient (Wildman–Crippen LogP) is 1.32. The average molecular weight is 184 g/mol. The number of hydrogen-bond acceptors (Lipinski definition) is 7. The van der Waals surface area contributed by atoms with E-state index in [4.69, 9.17) is 5.26 Å². The second-order valence-electron chi connectivity index (χ2n) is 1.88. The van der Waals surface area contributed by atoms with Crippen LogP contribution in [0.1, 0.15) is 26.2 Å². The van der Waals surface area contributed by atoms with Gasteiger partial charge in [0.15, 0.2) is 0 Å². The Morgan fingerprint density at radius 3 is 2.42 bits per heavy atom. The van der Waals surface area contributed by atoms with Crippen LogP contribution in [0.4, 0.5) is 0 Å². The van der Waals surface area contributed by atoms with Gasteiger partial charge in [-0.2, -0.15) is 0 Å². The first-order valence-corrected chi connectivity index (χ1v) is 3.51. The smallest absolute Gasteiger partial charge is 0.0855 e. The van der Waals surface area contributed by atoms with Gasteiger partial charge in [-0.05, 0) is 31.6 Å². The molecule has 1 N–H and O–H groups in total. The molecule has 0 aromatic carbocycles. The highest BCUT2D eigenvalue weighted by atomic mass is 17.9. The van der Waals surface area contributed by atoms with E-state index in [9.17, 15) is 0 Å². The molecule has 0 fully saturated rings. The molecule has 0 aromatic rings. The zero-order chi connectivity index (χ0) is 9.07. The Kier molecular flexibility index (Phi) is 10.5. The molecule has 0 radical (unpaired) electrons. The zero-order valence-corrected chi connectivity index (χ0v) is 6.73. The molecule has 0 spiro atoms. The summed E-state index contributed by atoms with van der Waals surface area (Å²) in [4.78, 5) is 4.42. The molecule has 12 heavy (non-hydrogen) atoms. The van der Waals surface area contributed by atoms with Crippen molar-refractivity contribution < 1.29 is 35.3 Å². The molecule has 0 saturated heterocycles. The van der Waals surface area contributed by atoms with Crippen molar-refractivity contribution in [3.8, 4) is 0 Å². The second-order valence-corrected chi connectivity index (χ2v) is 1.88. The fraction of sp³-hybridized carbons (Fsp3) is 1.00. The minimum Gasteiger partial charge on any atom is -0.219 e. The van der Waals surface area contributed by atoms with Crippen molar-refractivity contribution in [1.29, 1.82) is 0 Å². The predicted molar refractivity (Wildman–Crippen MR) is 33.5 cm³/mol. The molecule has 0 aliphatic carbocycles. The summed E-state index contributed by atoms with van der Waals surface area (Å²) in [5.74, 6) is 0. The maximum absolute atomic E-state index is 7.52. The molecule has 0 amide bonds. The van der Waals surface area contributed by atoms with Crippen LogP contribution in [0.3, 0.4) is 0 Å². The minimum atomic E-state index is 0.386. The van der Waals surface area contributed by atoms with Crippen molar-refractivity contribution >= 4 is 0 Å². The lowest BCUT2D eigenvalue weighted by Crippen LogP contribution is -2.00. The van der Waals surface area contributed by atoms with E-state index in [0.717, 1.165) is 19.3 Å². The largest absolute Gasteiger partial charge is 0.219 e. The van der Waals surface area contributed by atoms with Crippen molar-refractivity contribution in [1.82, 2.24) is 0 Å². The van der Waals surface area contributed by atoms with Crippen LogP contribution >= 0.6 is 0 Å². The van der Waals surface area contributed by atoms with Crippen molar-refractivity contribution in [2.75, 3.05) is 6.61 Å². The van der Waals surface area contributed by atoms with E-state index in [1.54, 1.807) is 0 Å². The fourth-order valence-corrected chi connectivity index (χ4v) is 0.500. The standard InChI is InChI=1S/C5H12O7/c1-2-3-4-5-7-9-11-12-10-8-6/h6H,2-5H2,1H3. The van der Waals surface area contributed by atoms with Gasteiger partial charge < -0.3 is 0 Å². The van der Waals surface area contributed by atoms with Gasteiger partial charge in [0.2, 0.25) is 0 Å². The van der Waals surface area contributed by atoms with Crippen molar-refractivity contribution in [2.24, 2.45) is 0 Å². The molecule has 0 aliphatic heterocycles. The molecule has 7 nitrogen and oxygen atoms in total. The van der Waals surface area contributed by atoms with Gasteiger partial charge in [0, 0.05) is 0 Å². The van der Waals surface area contributed by atoms with E-state index in [-0.39, 0.29) is 0 Å². The molecule has 0 rings (SSSR count). The van der Waals surface area contributed by atoms with E-state index in [0.29, 0.717) is 6.61 Å². The third kappa shape index (κ3) is 9.72. The second kappa shape index (κ2) is 10.7.